The molecule has 1 heterocycles. The van der Waals surface area contributed by atoms with Gasteiger partial charge in [-0.2, -0.15) is 0 Å². The number of Topliss-reactive ketones (excluding diaryl/α,β-unsaturated/α-hetero) is 1. The molecule has 1 aromatic heterocycles. The molecule has 0 spiro atoms. The molecule has 0 bridgehead atoms. The Labute approximate surface area is 199 Å². The zero-order valence-electron chi connectivity index (χ0n) is 20.3. The number of ketones is 1. The predicted molar refractivity (Wildman–Crippen MR) is 133 cm³/mol. The van der Waals surface area contributed by atoms with Crippen molar-refractivity contribution >= 4 is 28.7 Å². The van der Waals surface area contributed by atoms with Crippen molar-refractivity contribution in [1.29, 1.82) is 0 Å². The number of ether oxygens (including phenoxy) is 1. The van der Waals surface area contributed by atoms with Crippen molar-refractivity contribution in [1.82, 2.24) is 4.57 Å². The molecule has 0 radical (unpaired) electrons. The lowest BCUT2D eigenvalue weighted by Crippen LogP contribution is -2.26. The van der Waals surface area contributed by atoms with Gasteiger partial charge in [0.15, 0.2) is 0 Å². The van der Waals surface area contributed by atoms with Gasteiger partial charge in [0.1, 0.15) is 23.6 Å². The Bertz CT molecular complexity index is 1200. The molecule has 0 aliphatic carbocycles. The fraction of sp³-hybridized carbons (Fsp3) is 0.357. The van der Waals surface area contributed by atoms with Crippen LogP contribution in [0.2, 0.25) is 0 Å². The number of aliphatic hydroxyl groups is 1. The molecule has 180 valence electrons. The van der Waals surface area contributed by atoms with Crippen LogP contribution in [0.15, 0.2) is 54.6 Å². The average Bonchev–Trinajstić information content (AvgIpc) is 3.05. The van der Waals surface area contributed by atoms with Gasteiger partial charge >= 0.3 is 5.97 Å². The van der Waals surface area contributed by atoms with Crippen molar-refractivity contribution in [3.63, 3.8) is 0 Å². The van der Waals surface area contributed by atoms with Gasteiger partial charge in [-0.15, -0.1) is 0 Å². The highest BCUT2D eigenvalue weighted by molar-refractivity contribution is 6.01. The molecule has 2 aromatic carbocycles. The number of aromatic nitrogens is 1. The fourth-order valence-corrected chi connectivity index (χ4v) is 4.04. The van der Waals surface area contributed by atoms with E-state index < -0.39 is 23.5 Å². The Kier molecular flexibility index (Phi) is 7.72. The Morgan fingerprint density at radius 2 is 1.74 bits per heavy atom. The van der Waals surface area contributed by atoms with Gasteiger partial charge in [-0.25, -0.2) is 4.39 Å². The van der Waals surface area contributed by atoms with Gasteiger partial charge < -0.3 is 14.4 Å². The monoisotopic (exact) mass is 465 g/mol. The minimum absolute atomic E-state index is 0.115. The highest BCUT2D eigenvalue weighted by Crippen LogP contribution is 2.38. The summed E-state index contributed by atoms with van der Waals surface area (Å²) in [6.07, 6.45) is 1.73. The van der Waals surface area contributed by atoms with Crippen molar-refractivity contribution < 1.29 is 23.8 Å². The number of esters is 1. The lowest BCUT2D eigenvalue weighted by molar-refractivity contribution is -0.156. The molecule has 1 N–H and O–H groups in total. The Hall–Kier alpha value is -3.25. The molecule has 3 rings (SSSR count). The summed E-state index contributed by atoms with van der Waals surface area (Å²) in [6.45, 7) is 9.34. The lowest BCUT2D eigenvalue weighted by atomic mass is 10.0. The van der Waals surface area contributed by atoms with Crippen LogP contribution < -0.4 is 0 Å². The zero-order chi connectivity index (χ0) is 25.0. The van der Waals surface area contributed by atoms with E-state index in [9.17, 15) is 19.1 Å². The summed E-state index contributed by atoms with van der Waals surface area (Å²) in [6, 6.07) is 14.4. The molecular formula is C28H32FNO4. The molecule has 0 unspecified atom stereocenters. The minimum atomic E-state index is -1.06. The first-order valence-corrected chi connectivity index (χ1v) is 11.4. The predicted octanol–water partition coefficient (Wildman–Crippen LogP) is 6.09. The number of aliphatic hydroxyl groups excluding tert-OH is 1. The topological polar surface area (TPSA) is 68.5 Å². The average molecular weight is 466 g/mol. The van der Waals surface area contributed by atoms with Crippen molar-refractivity contribution in [2.75, 3.05) is 0 Å². The number of para-hydroxylation sites is 1. The second-order valence-electron chi connectivity index (χ2n) is 9.68. The third kappa shape index (κ3) is 6.20. The number of carbonyl (C=O) groups is 2. The van der Waals surface area contributed by atoms with Gasteiger partial charge in [0.25, 0.3) is 0 Å². The van der Waals surface area contributed by atoms with Crippen LogP contribution in [0.1, 0.15) is 59.2 Å². The van der Waals surface area contributed by atoms with E-state index >= 15 is 0 Å². The first-order chi connectivity index (χ1) is 16.0. The fourth-order valence-electron chi connectivity index (χ4n) is 4.04. The normalized spacial score (nSPS) is 13.1. The molecular weight excluding hydrogens is 433 g/mol. The summed E-state index contributed by atoms with van der Waals surface area (Å²) in [5.41, 5.74) is 2.98. The Morgan fingerprint density at radius 1 is 1.09 bits per heavy atom. The van der Waals surface area contributed by atoms with E-state index in [1.165, 1.54) is 12.1 Å². The van der Waals surface area contributed by atoms with Gasteiger partial charge in [0.05, 0.1) is 6.10 Å². The van der Waals surface area contributed by atoms with E-state index in [-0.39, 0.29) is 24.7 Å². The summed E-state index contributed by atoms with van der Waals surface area (Å²) in [4.78, 5) is 24.2. The van der Waals surface area contributed by atoms with Crippen molar-refractivity contribution in [3.05, 3.63) is 66.1 Å². The first kappa shape index (κ1) is 25.4. The number of fused-ring (bicyclic) bond motifs is 1. The molecule has 1 atom stereocenters. The Balaban J connectivity index is 1.92. The number of rotatable bonds is 8. The molecule has 0 aliphatic heterocycles. The van der Waals surface area contributed by atoms with E-state index in [2.05, 4.69) is 18.4 Å². The number of hydrogen-bond acceptors (Lipinski definition) is 4. The van der Waals surface area contributed by atoms with Crippen LogP contribution in [0.3, 0.4) is 0 Å². The molecule has 5 nitrogen and oxygen atoms in total. The first-order valence-electron chi connectivity index (χ1n) is 11.4. The highest BCUT2D eigenvalue weighted by atomic mass is 19.1. The highest BCUT2D eigenvalue weighted by Gasteiger charge is 2.21. The number of benzene rings is 2. The van der Waals surface area contributed by atoms with Crippen LogP contribution in [-0.2, 0) is 14.3 Å². The van der Waals surface area contributed by atoms with Crippen LogP contribution in [0, 0.1) is 5.82 Å². The molecule has 6 heteroatoms. The summed E-state index contributed by atoms with van der Waals surface area (Å²) < 4.78 is 20.9. The molecule has 0 fully saturated rings. The number of hydrogen-bond donors (Lipinski definition) is 1. The van der Waals surface area contributed by atoms with Crippen molar-refractivity contribution in [2.24, 2.45) is 0 Å². The van der Waals surface area contributed by atoms with Crippen LogP contribution in [0.5, 0.6) is 0 Å². The number of carbonyl (C=O) groups excluding carboxylic acids is 2. The van der Waals surface area contributed by atoms with E-state index in [0.717, 1.165) is 27.7 Å². The molecule has 0 saturated carbocycles. The molecule has 3 aromatic rings. The SMILES string of the molecule is CC(C)n1c(/C=C\[C@@H](O)CC(=O)CC(=O)OC(C)(C)C)c(-c2ccc(F)cc2)c2ccccc21. The summed E-state index contributed by atoms with van der Waals surface area (Å²) in [5.74, 6) is -1.31. The lowest BCUT2D eigenvalue weighted by Gasteiger charge is -2.19. The smallest absolute Gasteiger partial charge is 0.313 e. The van der Waals surface area contributed by atoms with E-state index in [4.69, 9.17) is 4.74 Å². The zero-order valence-corrected chi connectivity index (χ0v) is 20.3. The van der Waals surface area contributed by atoms with Crippen molar-refractivity contribution in [2.45, 2.75) is 65.2 Å². The molecule has 0 saturated heterocycles. The van der Waals surface area contributed by atoms with Gasteiger partial charge in [-0.1, -0.05) is 36.4 Å². The second-order valence-corrected chi connectivity index (χ2v) is 9.68. The van der Waals surface area contributed by atoms with Crippen LogP contribution >= 0.6 is 0 Å². The molecule has 0 amide bonds. The van der Waals surface area contributed by atoms with Gasteiger partial charge in [-0.05, 0) is 64.5 Å². The summed E-state index contributed by atoms with van der Waals surface area (Å²) >= 11 is 0. The van der Waals surface area contributed by atoms with Crippen LogP contribution in [0.4, 0.5) is 4.39 Å². The second kappa shape index (κ2) is 10.3. The minimum Gasteiger partial charge on any atom is -0.460 e. The standard InChI is InChI=1S/C28H32FNO4/c1-18(2)30-24-9-7-6-8-23(24)27(19-10-12-20(29)13-11-19)25(30)15-14-21(31)16-22(32)17-26(33)34-28(3,4)5/h6-15,18,21,31H,16-17H2,1-5H3/b15-14-/t21-/m1/s1. The largest absolute Gasteiger partial charge is 0.460 e. The summed E-state index contributed by atoms with van der Waals surface area (Å²) in [7, 11) is 0. The van der Waals surface area contributed by atoms with E-state index in [1.54, 1.807) is 45.1 Å². The summed E-state index contributed by atoms with van der Waals surface area (Å²) in [5, 5.41) is 11.5. The van der Waals surface area contributed by atoms with Crippen LogP contribution in [0.25, 0.3) is 28.1 Å². The Morgan fingerprint density at radius 3 is 2.35 bits per heavy atom. The number of nitrogens with zero attached hydrogens (tertiary/aromatic N) is 1. The maximum Gasteiger partial charge on any atom is 0.313 e. The van der Waals surface area contributed by atoms with E-state index in [1.807, 2.05) is 24.3 Å². The van der Waals surface area contributed by atoms with Gasteiger partial charge in [0, 0.05) is 34.6 Å². The maximum absolute atomic E-state index is 13.6. The van der Waals surface area contributed by atoms with Gasteiger partial charge in [0.2, 0.25) is 0 Å². The maximum atomic E-state index is 13.6. The molecule has 34 heavy (non-hydrogen) atoms. The van der Waals surface area contributed by atoms with Gasteiger partial charge in [-0.3, -0.25) is 9.59 Å². The third-order valence-electron chi connectivity index (χ3n) is 5.27. The molecule has 0 aliphatic rings. The van der Waals surface area contributed by atoms with E-state index in [0.29, 0.717) is 0 Å². The van der Waals surface area contributed by atoms with Crippen molar-refractivity contribution in [3.8, 4) is 11.1 Å². The quantitative estimate of drug-likeness (QED) is 0.323. The third-order valence-corrected chi connectivity index (χ3v) is 5.27. The number of halogens is 1. The van der Waals surface area contributed by atoms with Crippen LogP contribution in [-0.4, -0.2) is 33.1 Å².